The van der Waals surface area contributed by atoms with Gasteiger partial charge < -0.3 is 15.0 Å². The Labute approximate surface area is 141 Å². The summed E-state index contributed by atoms with van der Waals surface area (Å²) >= 11 is 0. The minimum absolute atomic E-state index is 0.108. The van der Waals surface area contributed by atoms with E-state index in [1.807, 2.05) is 31.3 Å². The summed E-state index contributed by atoms with van der Waals surface area (Å²) in [5.41, 5.74) is 1.65. The minimum atomic E-state index is -0.108. The van der Waals surface area contributed by atoms with Crippen molar-refractivity contribution in [1.29, 1.82) is 0 Å². The van der Waals surface area contributed by atoms with Crippen molar-refractivity contribution in [3.8, 4) is 5.69 Å². The molecule has 0 saturated carbocycles. The molecule has 2 aromatic rings. The van der Waals surface area contributed by atoms with Gasteiger partial charge in [0.1, 0.15) is 12.7 Å². The van der Waals surface area contributed by atoms with E-state index in [9.17, 15) is 4.79 Å². The first-order valence-corrected chi connectivity index (χ1v) is 8.31. The Bertz CT molecular complexity index is 653. The highest BCUT2D eigenvalue weighted by molar-refractivity contribution is 5.89. The number of carbonyl (C=O) groups is 1. The quantitative estimate of drug-likeness (QED) is 0.884. The summed E-state index contributed by atoms with van der Waals surface area (Å²) in [5, 5.41) is 10.5. The highest BCUT2D eigenvalue weighted by atomic mass is 16.5. The van der Waals surface area contributed by atoms with E-state index >= 15 is 0 Å². The minimum Gasteiger partial charge on any atom is -0.378 e. The molecule has 2 amide bonds. The Morgan fingerprint density at radius 3 is 3.00 bits per heavy atom. The Morgan fingerprint density at radius 1 is 1.42 bits per heavy atom. The fourth-order valence-electron chi connectivity index (χ4n) is 2.83. The van der Waals surface area contributed by atoms with Crippen molar-refractivity contribution in [2.45, 2.75) is 31.8 Å². The summed E-state index contributed by atoms with van der Waals surface area (Å²) in [5.74, 6) is 0. The molecule has 0 radical (unpaired) electrons. The van der Waals surface area contributed by atoms with Crippen molar-refractivity contribution in [3.05, 3.63) is 36.9 Å². The van der Waals surface area contributed by atoms with Crippen LogP contribution in [-0.4, -0.2) is 52.0 Å². The number of benzene rings is 1. The summed E-state index contributed by atoms with van der Waals surface area (Å²) in [6.45, 7) is 1.60. The predicted molar refractivity (Wildman–Crippen MR) is 91.2 cm³/mol. The van der Waals surface area contributed by atoms with Gasteiger partial charge in [0, 0.05) is 25.9 Å². The third-order valence-corrected chi connectivity index (χ3v) is 4.20. The van der Waals surface area contributed by atoms with E-state index in [1.165, 1.54) is 0 Å². The van der Waals surface area contributed by atoms with E-state index in [4.69, 9.17) is 4.74 Å². The fraction of sp³-hybridized carbons (Fsp3) is 0.471. The summed E-state index contributed by atoms with van der Waals surface area (Å²) in [7, 11) is 1.81. The molecule has 1 aliphatic heterocycles. The average molecular weight is 329 g/mol. The van der Waals surface area contributed by atoms with Crippen LogP contribution in [0.25, 0.3) is 5.69 Å². The molecule has 0 aliphatic carbocycles. The maximum absolute atomic E-state index is 12.3. The molecule has 0 unspecified atom stereocenters. The zero-order valence-corrected chi connectivity index (χ0v) is 13.9. The molecule has 1 fully saturated rings. The lowest BCUT2D eigenvalue weighted by Crippen LogP contribution is -2.32. The summed E-state index contributed by atoms with van der Waals surface area (Å²) in [6.07, 6.45) is 7.89. The summed E-state index contributed by atoms with van der Waals surface area (Å²) in [4.78, 5) is 14.0. The van der Waals surface area contributed by atoms with Gasteiger partial charge in [-0.1, -0.05) is 6.07 Å². The first-order chi connectivity index (χ1) is 11.7. The van der Waals surface area contributed by atoms with Crippen LogP contribution in [0.1, 0.15) is 25.7 Å². The van der Waals surface area contributed by atoms with Crippen LogP contribution in [0, 0.1) is 0 Å². The molecule has 1 aliphatic rings. The van der Waals surface area contributed by atoms with E-state index in [1.54, 1.807) is 22.1 Å². The van der Waals surface area contributed by atoms with Crippen molar-refractivity contribution in [2.24, 2.45) is 0 Å². The van der Waals surface area contributed by atoms with Crippen molar-refractivity contribution in [1.82, 2.24) is 19.7 Å². The number of nitrogens with zero attached hydrogens (tertiary/aromatic N) is 4. The van der Waals surface area contributed by atoms with Crippen LogP contribution >= 0.6 is 0 Å². The fourth-order valence-corrected chi connectivity index (χ4v) is 2.83. The van der Waals surface area contributed by atoms with Gasteiger partial charge in [0.15, 0.2) is 0 Å². The Morgan fingerprint density at radius 2 is 2.25 bits per heavy atom. The van der Waals surface area contributed by atoms with Crippen LogP contribution < -0.4 is 5.32 Å². The monoisotopic (exact) mass is 329 g/mol. The second-order valence-electron chi connectivity index (χ2n) is 6.05. The van der Waals surface area contributed by atoms with Crippen LogP contribution in [0.2, 0.25) is 0 Å². The van der Waals surface area contributed by atoms with Crippen molar-refractivity contribution in [3.63, 3.8) is 0 Å². The molecule has 1 atom stereocenters. The summed E-state index contributed by atoms with van der Waals surface area (Å²) < 4.78 is 7.40. The second-order valence-corrected chi connectivity index (χ2v) is 6.05. The third-order valence-electron chi connectivity index (χ3n) is 4.20. The standard InChI is InChI=1S/C17H23N5O2/c1-21(9-3-7-16-8-4-10-24-16)17(23)20-14-5-2-6-15(11-14)22-12-18-19-13-22/h2,5-6,11-13,16H,3-4,7-10H2,1H3,(H,20,23)/t16-/m0/s1. The lowest BCUT2D eigenvalue weighted by atomic mass is 10.1. The van der Waals surface area contributed by atoms with Crippen LogP contribution in [0.15, 0.2) is 36.9 Å². The van der Waals surface area contributed by atoms with Crippen LogP contribution in [0.3, 0.4) is 0 Å². The molecule has 1 aromatic heterocycles. The Hall–Kier alpha value is -2.41. The molecule has 1 aromatic carbocycles. The van der Waals surface area contributed by atoms with Gasteiger partial charge in [0.05, 0.1) is 11.8 Å². The highest BCUT2D eigenvalue weighted by Gasteiger charge is 2.16. The summed E-state index contributed by atoms with van der Waals surface area (Å²) in [6, 6.07) is 7.48. The van der Waals surface area contributed by atoms with Gasteiger partial charge in [-0.3, -0.25) is 4.57 Å². The third kappa shape index (κ3) is 4.32. The number of ether oxygens (including phenoxy) is 1. The van der Waals surface area contributed by atoms with Gasteiger partial charge in [-0.15, -0.1) is 10.2 Å². The van der Waals surface area contributed by atoms with Gasteiger partial charge in [-0.05, 0) is 43.9 Å². The highest BCUT2D eigenvalue weighted by Crippen LogP contribution is 2.17. The van der Waals surface area contributed by atoms with Crippen molar-refractivity contribution >= 4 is 11.7 Å². The average Bonchev–Trinajstić information content (AvgIpc) is 3.29. The number of aromatic nitrogens is 3. The zero-order valence-electron chi connectivity index (χ0n) is 13.9. The molecular weight excluding hydrogens is 306 g/mol. The molecular formula is C17H23N5O2. The lowest BCUT2D eigenvalue weighted by molar-refractivity contribution is 0.101. The largest absolute Gasteiger partial charge is 0.378 e. The molecule has 1 saturated heterocycles. The normalized spacial score (nSPS) is 17.0. The molecule has 1 N–H and O–H groups in total. The van der Waals surface area contributed by atoms with E-state index in [0.717, 1.165) is 50.2 Å². The molecule has 2 heterocycles. The molecule has 7 heteroatoms. The number of hydrogen-bond acceptors (Lipinski definition) is 4. The van der Waals surface area contributed by atoms with Gasteiger partial charge in [0.2, 0.25) is 0 Å². The molecule has 0 spiro atoms. The first-order valence-electron chi connectivity index (χ1n) is 8.31. The van der Waals surface area contributed by atoms with Crippen molar-refractivity contribution in [2.75, 3.05) is 25.5 Å². The molecule has 24 heavy (non-hydrogen) atoms. The Kier molecular flexibility index (Phi) is 5.43. The van der Waals surface area contributed by atoms with E-state index in [0.29, 0.717) is 6.10 Å². The van der Waals surface area contributed by atoms with Gasteiger partial charge in [0.25, 0.3) is 0 Å². The second kappa shape index (κ2) is 7.92. The number of anilines is 1. The number of rotatable bonds is 6. The smallest absolute Gasteiger partial charge is 0.321 e. The maximum atomic E-state index is 12.3. The number of urea groups is 1. The van der Waals surface area contributed by atoms with Crippen LogP contribution in [-0.2, 0) is 4.74 Å². The van der Waals surface area contributed by atoms with Crippen molar-refractivity contribution < 1.29 is 9.53 Å². The number of amides is 2. The maximum Gasteiger partial charge on any atom is 0.321 e. The van der Waals surface area contributed by atoms with E-state index in [2.05, 4.69) is 15.5 Å². The number of carbonyl (C=O) groups excluding carboxylic acids is 1. The SMILES string of the molecule is CN(CCC[C@H]1CCCO1)C(=O)Nc1cccc(-n2cnnc2)c1. The molecule has 128 valence electrons. The zero-order chi connectivity index (χ0) is 16.8. The van der Waals surface area contributed by atoms with Gasteiger partial charge in [-0.2, -0.15) is 0 Å². The Balaban J connectivity index is 1.49. The van der Waals surface area contributed by atoms with Crippen LogP contribution in [0.4, 0.5) is 10.5 Å². The van der Waals surface area contributed by atoms with E-state index < -0.39 is 0 Å². The lowest BCUT2D eigenvalue weighted by Gasteiger charge is -2.19. The molecule has 3 rings (SSSR count). The predicted octanol–water partition coefficient (Wildman–Crippen LogP) is 2.69. The van der Waals surface area contributed by atoms with Gasteiger partial charge >= 0.3 is 6.03 Å². The number of nitrogens with one attached hydrogen (secondary N) is 1. The molecule has 0 bridgehead atoms. The molecule has 7 nitrogen and oxygen atoms in total. The van der Waals surface area contributed by atoms with Crippen LogP contribution in [0.5, 0.6) is 0 Å². The first kappa shape index (κ1) is 16.4. The van der Waals surface area contributed by atoms with Gasteiger partial charge in [-0.25, -0.2) is 4.79 Å². The van der Waals surface area contributed by atoms with E-state index in [-0.39, 0.29) is 6.03 Å². The number of hydrogen-bond donors (Lipinski definition) is 1. The topological polar surface area (TPSA) is 72.3 Å².